The van der Waals surface area contributed by atoms with Crippen molar-refractivity contribution in [3.8, 4) is 0 Å². The standard InChI is InChI=1S/C17H29N5O3/c1-5-13(2)14(3)20-16(21-15(4)24)22-17(25)19-11-9-7-6-8-10-18-12-23/h13H,3,5-11H2,1-2,4H3,(H3,19,20,21,22,24,25). The lowest BCUT2D eigenvalue weighted by Gasteiger charge is -2.13. The maximum atomic E-state index is 11.9. The molecule has 0 aromatic rings. The number of isocyanates is 1. The predicted octanol–water partition coefficient (Wildman–Crippen LogP) is 2.23. The van der Waals surface area contributed by atoms with E-state index in [4.69, 9.17) is 0 Å². The average Bonchev–Trinajstić information content (AvgIpc) is 2.55. The number of hydrogen-bond acceptors (Lipinski definition) is 5. The molecule has 8 heteroatoms. The molecule has 0 fully saturated rings. The second-order valence-electron chi connectivity index (χ2n) is 5.71. The number of urea groups is 1. The molecule has 140 valence electrons. The molecule has 8 nitrogen and oxygen atoms in total. The van der Waals surface area contributed by atoms with Crippen LogP contribution in [0.15, 0.2) is 22.3 Å². The Kier molecular flexibility index (Phi) is 12.5. The summed E-state index contributed by atoms with van der Waals surface area (Å²) in [5, 5.41) is 7.72. The Balaban J connectivity index is 4.26. The Morgan fingerprint density at radius 2 is 1.84 bits per heavy atom. The van der Waals surface area contributed by atoms with Crippen LogP contribution in [0.25, 0.3) is 0 Å². The number of unbranched alkanes of at least 4 members (excludes halogenated alkanes) is 3. The molecule has 0 aliphatic heterocycles. The molecular formula is C17H29N5O3. The Hall–Kier alpha value is -2.47. The average molecular weight is 351 g/mol. The van der Waals surface area contributed by atoms with Gasteiger partial charge in [-0.25, -0.2) is 19.6 Å². The number of aliphatic imine (C=N–C) groups is 2. The van der Waals surface area contributed by atoms with Gasteiger partial charge in [-0.05, 0) is 25.2 Å². The number of rotatable bonds is 10. The van der Waals surface area contributed by atoms with Gasteiger partial charge in [0, 0.05) is 19.2 Å². The van der Waals surface area contributed by atoms with E-state index >= 15 is 0 Å². The fourth-order valence-corrected chi connectivity index (χ4v) is 1.81. The molecule has 3 amide bonds. The molecule has 0 spiro atoms. The topological polar surface area (TPSA) is 112 Å². The van der Waals surface area contributed by atoms with Crippen LogP contribution in [0.1, 0.15) is 52.9 Å². The van der Waals surface area contributed by atoms with Crippen LogP contribution in [-0.4, -0.2) is 37.1 Å². The third-order valence-electron chi connectivity index (χ3n) is 3.51. The van der Waals surface area contributed by atoms with Crippen LogP contribution in [0, 0.1) is 5.92 Å². The highest BCUT2D eigenvalue weighted by molar-refractivity contribution is 6.03. The summed E-state index contributed by atoms with van der Waals surface area (Å²) in [6.45, 7) is 10.2. The number of carbonyl (C=O) groups excluding carboxylic acids is 3. The van der Waals surface area contributed by atoms with Gasteiger partial charge in [0.1, 0.15) is 0 Å². The van der Waals surface area contributed by atoms with Crippen molar-refractivity contribution in [3.63, 3.8) is 0 Å². The Morgan fingerprint density at radius 1 is 1.16 bits per heavy atom. The lowest BCUT2D eigenvalue weighted by atomic mass is 10.1. The van der Waals surface area contributed by atoms with Crippen molar-refractivity contribution < 1.29 is 14.4 Å². The molecule has 0 aliphatic rings. The van der Waals surface area contributed by atoms with Gasteiger partial charge in [-0.3, -0.25) is 15.4 Å². The van der Waals surface area contributed by atoms with Crippen LogP contribution >= 0.6 is 0 Å². The van der Waals surface area contributed by atoms with E-state index in [1.165, 1.54) is 13.0 Å². The second-order valence-corrected chi connectivity index (χ2v) is 5.71. The highest BCUT2D eigenvalue weighted by Gasteiger charge is 2.10. The van der Waals surface area contributed by atoms with Crippen molar-refractivity contribution in [1.82, 2.24) is 16.0 Å². The van der Waals surface area contributed by atoms with Gasteiger partial charge in [0.2, 0.25) is 17.9 Å². The first-order valence-electron chi connectivity index (χ1n) is 8.54. The molecule has 0 heterocycles. The van der Waals surface area contributed by atoms with E-state index in [9.17, 15) is 14.4 Å². The van der Waals surface area contributed by atoms with Gasteiger partial charge in [-0.1, -0.05) is 33.3 Å². The summed E-state index contributed by atoms with van der Waals surface area (Å²) in [6.07, 6.45) is 5.86. The molecule has 0 aromatic carbocycles. The first kappa shape index (κ1) is 22.5. The van der Waals surface area contributed by atoms with Crippen molar-refractivity contribution in [2.75, 3.05) is 13.1 Å². The molecule has 1 atom stereocenters. The van der Waals surface area contributed by atoms with E-state index in [2.05, 4.69) is 32.5 Å². The monoisotopic (exact) mass is 351 g/mol. The molecule has 1 unspecified atom stereocenters. The maximum absolute atomic E-state index is 11.9. The van der Waals surface area contributed by atoms with E-state index in [1.807, 2.05) is 13.8 Å². The summed E-state index contributed by atoms with van der Waals surface area (Å²) < 4.78 is 0. The second kappa shape index (κ2) is 13.9. The quantitative estimate of drug-likeness (QED) is 0.243. The zero-order valence-corrected chi connectivity index (χ0v) is 15.4. The summed E-state index contributed by atoms with van der Waals surface area (Å²) in [4.78, 5) is 40.7. The molecule has 0 bridgehead atoms. The zero-order valence-electron chi connectivity index (χ0n) is 15.4. The first-order valence-corrected chi connectivity index (χ1v) is 8.54. The van der Waals surface area contributed by atoms with Crippen molar-refractivity contribution in [2.45, 2.75) is 52.9 Å². The van der Waals surface area contributed by atoms with Crippen molar-refractivity contribution in [3.05, 3.63) is 12.3 Å². The smallest absolute Gasteiger partial charge is 0.321 e. The van der Waals surface area contributed by atoms with E-state index in [1.54, 1.807) is 0 Å². The first-order chi connectivity index (χ1) is 11.9. The van der Waals surface area contributed by atoms with Crippen molar-refractivity contribution in [1.29, 1.82) is 0 Å². The minimum atomic E-state index is -0.435. The van der Waals surface area contributed by atoms with Crippen LogP contribution in [0.4, 0.5) is 4.79 Å². The predicted molar refractivity (Wildman–Crippen MR) is 97.8 cm³/mol. The molecule has 25 heavy (non-hydrogen) atoms. The van der Waals surface area contributed by atoms with Gasteiger partial charge >= 0.3 is 6.03 Å². The van der Waals surface area contributed by atoms with Gasteiger partial charge in [-0.2, -0.15) is 0 Å². The van der Waals surface area contributed by atoms with Gasteiger partial charge in [0.05, 0.1) is 6.54 Å². The molecule has 0 aromatic heterocycles. The number of amides is 3. The van der Waals surface area contributed by atoms with Crippen LogP contribution in [-0.2, 0) is 9.59 Å². The molecule has 0 saturated heterocycles. The summed E-state index contributed by atoms with van der Waals surface area (Å²) in [5.74, 6) is -0.104. The third kappa shape index (κ3) is 12.6. The van der Waals surface area contributed by atoms with Gasteiger partial charge in [0.25, 0.3) is 0 Å². The fraction of sp³-hybridized carbons (Fsp3) is 0.647. The minimum Gasteiger partial charge on any atom is -0.338 e. The normalized spacial score (nSPS) is 11.9. The summed E-state index contributed by atoms with van der Waals surface area (Å²) in [6, 6.07) is -0.435. The summed E-state index contributed by atoms with van der Waals surface area (Å²) in [7, 11) is 0. The maximum Gasteiger partial charge on any atom is 0.321 e. The third-order valence-corrected chi connectivity index (χ3v) is 3.51. The summed E-state index contributed by atoms with van der Waals surface area (Å²) in [5.41, 5.74) is 0.588. The largest absolute Gasteiger partial charge is 0.338 e. The lowest BCUT2D eigenvalue weighted by Crippen LogP contribution is -2.47. The molecular weight excluding hydrogens is 322 g/mol. The Labute approximate surface area is 149 Å². The SMILES string of the molecule is C=C(N=C(NC(C)=O)NC(=O)NCCCCCCN=C=O)C(C)CC. The van der Waals surface area contributed by atoms with Gasteiger partial charge in [0.15, 0.2) is 0 Å². The van der Waals surface area contributed by atoms with E-state index in [0.717, 1.165) is 32.1 Å². The minimum absolute atomic E-state index is 0.0713. The number of hydrogen-bond donors (Lipinski definition) is 3. The lowest BCUT2D eigenvalue weighted by molar-refractivity contribution is -0.117. The molecule has 3 N–H and O–H groups in total. The number of nitrogens with one attached hydrogen (secondary N) is 3. The molecule has 0 saturated carbocycles. The Morgan fingerprint density at radius 3 is 2.44 bits per heavy atom. The van der Waals surface area contributed by atoms with Crippen molar-refractivity contribution in [2.24, 2.45) is 15.9 Å². The van der Waals surface area contributed by atoms with Crippen LogP contribution in [0.2, 0.25) is 0 Å². The summed E-state index contributed by atoms with van der Waals surface area (Å²) >= 11 is 0. The number of nitrogens with zero attached hydrogens (tertiary/aromatic N) is 2. The van der Waals surface area contributed by atoms with E-state index in [-0.39, 0.29) is 17.8 Å². The van der Waals surface area contributed by atoms with Gasteiger partial charge in [-0.15, -0.1) is 0 Å². The fourth-order valence-electron chi connectivity index (χ4n) is 1.81. The van der Waals surface area contributed by atoms with E-state index in [0.29, 0.717) is 18.8 Å². The number of allylic oxidation sites excluding steroid dienone is 1. The van der Waals surface area contributed by atoms with Crippen LogP contribution in [0.3, 0.4) is 0 Å². The van der Waals surface area contributed by atoms with Gasteiger partial charge < -0.3 is 5.32 Å². The Bertz CT molecular complexity index is 524. The highest BCUT2D eigenvalue weighted by atomic mass is 16.2. The molecule has 0 aliphatic carbocycles. The number of carbonyl (C=O) groups is 2. The zero-order chi connectivity index (χ0) is 19.1. The van der Waals surface area contributed by atoms with E-state index < -0.39 is 6.03 Å². The number of guanidine groups is 1. The highest BCUT2D eigenvalue weighted by Crippen LogP contribution is 2.12. The van der Waals surface area contributed by atoms with Crippen LogP contribution in [0.5, 0.6) is 0 Å². The van der Waals surface area contributed by atoms with Crippen molar-refractivity contribution >= 4 is 24.0 Å². The molecule has 0 rings (SSSR count). The van der Waals surface area contributed by atoms with Crippen LogP contribution < -0.4 is 16.0 Å². The molecule has 0 radical (unpaired) electrons.